The van der Waals surface area contributed by atoms with Gasteiger partial charge in [-0.2, -0.15) is 0 Å². The van der Waals surface area contributed by atoms with E-state index in [1.165, 1.54) is 19.5 Å². The van der Waals surface area contributed by atoms with Gasteiger partial charge in [0.15, 0.2) is 0 Å². The van der Waals surface area contributed by atoms with E-state index in [2.05, 4.69) is 24.1 Å². The number of primary amides is 1. The van der Waals surface area contributed by atoms with Gasteiger partial charge in [0, 0.05) is 13.1 Å². The van der Waals surface area contributed by atoms with Crippen LogP contribution >= 0.6 is 0 Å². The second kappa shape index (κ2) is 6.97. The molecule has 1 fully saturated rings. The number of nitrogens with zero attached hydrogens (tertiary/aromatic N) is 1. The van der Waals surface area contributed by atoms with Gasteiger partial charge < -0.3 is 16.0 Å². The number of carbonyl (C=O) groups is 1. The van der Waals surface area contributed by atoms with Gasteiger partial charge in [0.2, 0.25) is 5.91 Å². The molecular formula is C13H27N3O. The van der Waals surface area contributed by atoms with E-state index in [0.29, 0.717) is 0 Å². The Labute approximate surface area is 105 Å². The first-order valence-electron chi connectivity index (χ1n) is 6.79. The molecule has 0 aliphatic carbocycles. The highest BCUT2D eigenvalue weighted by Crippen LogP contribution is 2.23. The van der Waals surface area contributed by atoms with Crippen LogP contribution in [-0.2, 0) is 4.79 Å². The summed E-state index contributed by atoms with van der Waals surface area (Å²) < 4.78 is 0. The van der Waals surface area contributed by atoms with Crippen LogP contribution in [0.3, 0.4) is 0 Å². The average Bonchev–Trinajstić information content (AvgIpc) is 2.72. The van der Waals surface area contributed by atoms with Crippen molar-refractivity contribution < 1.29 is 4.79 Å². The molecule has 1 heterocycles. The molecule has 1 aliphatic heterocycles. The van der Waals surface area contributed by atoms with Crippen LogP contribution in [0.15, 0.2) is 0 Å². The number of nitrogens with two attached hydrogens (primary N) is 1. The molecule has 0 radical (unpaired) electrons. The average molecular weight is 241 g/mol. The second-order valence-electron chi connectivity index (χ2n) is 5.39. The van der Waals surface area contributed by atoms with E-state index in [1.54, 1.807) is 0 Å². The lowest BCUT2D eigenvalue weighted by atomic mass is 9.95. The minimum atomic E-state index is -0.230. The van der Waals surface area contributed by atoms with E-state index in [1.807, 2.05) is 6.92 Å². The van der Waals surface area contributed by atoms with Gasteiger partial charge in [-0.15, -0.1) is 0 Å². The van der Waals surface area contributed by atoms with Crippen molar-refractivity contribution in [2.24, 2.45) is 17.6 Å². The van der Waals surface area contributed by atoms with Crippen molar-refractivity contribution in [1.82, 2.24) is 10.2 Å². The summed E-state index contributed by atoms with van der Waals surface area (Å²) in [6.07, 6.45) is 2.12. The Balaban J connectivity index is 2.28. The number of hydrogen-bond donors (Lipinski definition) is 2. The lowest BCUT2D eigenvalue weighted by molar-refractivity contribution is -0.120. The minimum absolute atomic E-state index is 0.168. The molecule has 4 nitrogen and oxygen atoms in total. The largest absolute Gasteiger partial charge is 0.368 e. The fourth-order valence-electron chi connectivity index (χ4n) is 2.51. The van der Waals surface area contributed by atoms with Crippen LogP contribution in [0, 0.1) is 11.8 Å². The number of nitrogens with one attached hydrogen (secondary N) is 1. The van der Waals surface area contributed by atoms with Crippen LogP contribution in [0.25, 0.3) is 0 Å². The quantitative estimate of drug-likeness (QED) is 0.694. The predicted octanol–water partition coefficient (Wildman–Crippen LogP) is 0.818. The van der Waals surface area contributed by atoms with Crippen molar-refractivity contribution in [2.45, 2.75) is 39.7 Å². The number of hydrogen-bond acceptors (Lipinski definition) is 3. The lowest BCUT2D eigenvalue weighted by Gasteiger charge is -2.20. The van der Waals surface area contributed by atoms with Crippen molar-refractivity contribution >= 4 is 5.91 Å². The normalized spacial score (nSPS) is 23.2. The molecule has 1 saturated heterocycles. The topological polar surface area (TPSA) is 58.4 Å². The standard InChI is InChI=1S/C13H27N3O/c1-4-15-12(13(14)17)6-8-16-7-5-11(9-16)10(2)3/h10-12,15H,4-9H2,1-3H3,(H2,14,17). The van der Waals surface area contributed by atoms with Gasteiger partial charge in [0.05, 0.1) is 6.04 Å². The van der Waals surface area contributed by atoms with Crippen molar-refractivity contribution in [2.75, 3.05) is 26.2 Å². The van der Waals surface area contributed by atoms with E-state index >= 15 is 0 Å². The molecule has 3 N–H and O–H groups in total. The molecule has 0 bridgehead atoms. The summed E-state index contributed by atoms with van der Waals surface area (Å²) in [7, 11) is 0. The Morgan fingerprint density at radius 2 is 2.24 bits per heavy atom. The number of amides is 1. The van der Waals surface area contributed by atoms with Gasteiger partial charge in [-0.1, -0.05) is 20.8 Å². The zero-order valence-corrected chi connectivity index (χ0v) is 11.4. The van der Waals surface area contributed by atoms with Gasteiger partial charge in [0.1, 0.15) is 0 Å². The van der Waals surface area contributed by atoms with Gasteiger partial charge in [-0.3, -0.25) is 4.79 Å². The SMILES string of the molecule is CCNC(CCN1CCC(C(C)C)C1)C(N)=O. The maximum Gasteiger partial charge on any atom is 0.234 e. The molecule has 1 aliphatic rings. The van der Waals surface area contributed by atoms with E-state index in [9.17, 15) is 4.79 Å². The molecule has 2 atom stereocenters. The summed E-state index contributed by atoms with van der Waals surface area (Å²) in [6.45, 7) is 10.7. The highest BCUT2D eigenvalue weighted by molar-refractivity contribution is 5.79. The maximum atomic E-state index is 11.2. The monoisotopic (exact) mass is 241 g/mol. The first-order valence-corrected chi connectivity index (χ1v) is 6.79. The van der Waals surface area contributed by atoms with Gasteiger partial charge in [-0.05, 0) is 37.8 Å². The fourth-order valence-corrected chi connectivity index (χ4v) is 2.51. The second-order valence-corrected chi connectivity index (χ2v) is 5.39. The van der Waals surface area contributed by atoms with E-state index in [4.69, 9.17) is 5.73 Å². The summed E-state index contributed by atoms with van der Waals surface area (Å²) in [6, 6.07) is -0.168. The smallest absolute Gasteiger partial charge is 0.234 e. The summed E-state index contributed by atoms with van der Waals surface area (Å²) >= 11 is 0. The number of likely N-dealkylation sites (tertiary alicyclic amines) is 1. The summed E-state index contributed by atoms with van der Waals surface area (Å²) in [4.78, 5) is 13.7. The Kier molecular flexibility index (Phi) is 5.92. The highest BCUT2D eigenvalue weighted by atomic mass is 16.1. The van der Waals surface area contributed by atoms with Crippen molar-refractivity contribution in [3.8, 4) is 0 Å². The molecule has 0 aromatic rings. The van der Waals surface area contributed by atoms with Gasteiger partial charge in [-0.25, -0.2) is 0 Å². The summed E-state index contributed by atoms with van der Waals surface area (Å²) in [5.74, 6) is 1.35. The molecule has 1 amide bonds. The van der Waals surface area contributed by atoms with Crippen LogP contribution in [0.1, 0.15) is 33.6 Å². The molecule has 17 heavy (non-hydrogen) atoms. The molecule has 0 spiro atoms. The van der Waals surface area contributed by atoms with Crippen molar-refractivity contribution in [1.29, 1.82) is 0 Å². The molecule has 4 heteroatoms. The first-order chi connectivity index (χ1) is 8.04. The van der Waals surface area contributed by atoms with Gasteiger partial charge >= 0.3 is 0 Å². The van der Waals surface area contributed by atoms with E-state index in [0.717, 1.165) is 31.3 Å². The molecule has 0 aromatic carbocycles. The molecule has 2 unspecified atom stereocenters. The fraction of sp³-hybridized carbons (Fsp3) is 0.923. The van der Waals surface area contributed by atoms with Crippen molar-refractivity contribution in [3.63, 3.8) is 0 Å². The zero-order valence-electron chi connectivity index (χ0n) is 11.4. The number of carbonyl (C=O) groups excluding carboxylic acids is 1. The lowest BCUT2D eigenvalue weighted by Crippen LogP contribution is -2.43. The third-order valence-corrected chi connectivity index (χ3v) is 3.78. The molecule has 1 rings (SSSR count). The highest BCUT2D eigenvalue weighted by Gasteiger charge is 2.25. The van der Waals surface area contributed by atoms with Crippen LogP contribution in [0.4, 0.5) is 0 Å². The maximum absolute atomic E-state index is 11.2. The Hall–Kier alpha value is -0.610. The van der Waals surface area contributed by atoms with Gasteiger partial charge in [0.25, 0.3) is 0 Å². The van der Waals surface area contributed by atoms with Crippen molar-refractivity contribution in [3.05, 3.63) is 0 Å². The van der Waals surface area contributed by atoms with Crippen LogP contribution in [0.5, 0.6) is 0 Å². The van der Waals surface area contributed by atoms with Crippen LogP contribution in [0.2, 0.25) is 0 Å². The Morgan fingerprint density at radius 1 is 1.53 bits per heavy atom. The number of rotatable bonds is 7. The minimum Gasteiger partial charge on any atom is -0.368 e. The molecule has 0 saturated carbocycles. The predicted molar refractivity (Wildman–Crippen MR) is 70.7 cm³/mol. The molecular weight excluding hydrogens is 214 g/mol. The summed E-state index contributed by atoms with van der Waals surface area (Å²) in [5.41, 5.74) is 5.36. The third kappa shape index (κ3) is 4.64. The van der Waals surface area contributed by atoms with Crippen LogP contribution < -0.4 is 11.1 Å². The summed E-state index contributed by atoms with van der Waals surface area (Å²) in [5, 5.41) is 3.14. The van der Waals surface area contributed by atoms with E-state index in [-0.39, 0.29) is 11.9 Å². The Morgan fingerprint density at radius 3 is 2.71 bits per heavy atom. The molecule has 0 aromatic heterocycles. The molecule has 100 valence electrons. The third-order valence-electron chi connectivity index (χ3n) is 3.78. The first kappa shape index (κ1) is 14.5. The zero-order chi connectivity index (χ0) is 12.8. The Bertz CT molecular complexity index is 243. The number of likely N-dealkylation sites (N-methyl/N-ethyl adjacent to an activating group) is 1. The van der Waals surface area contributed by atoms with Crippen LogP contribution in [-0.4, -0.2) is 43.0 Å². The van der Waals surface area contributed by atoms with E-state index < -0.39 is 0 Å².